The molecule has 3 rings (SSSR count). The van der Waals surface area contributed by atoms with Crippen molar-refractivity contribution in [2.24, 2.45) is 5.92 Å². The molecule has 0 N–H and O–H groups in total. The van der Waals surface area contributed by atoms with Gasteiger partial charge in [-0.25, -0.2) is 0 Å². The lowest BCUT2D eigenvalue weighted by atomic mass is 9.96. The summed E-state index contributed by atoms with van der Waals surface area (Å²) in [6.45, 7) is 0.991. The van der Waals surface area contributed by atoms with E-state index in [1.165, 1.54) is 23.3 Å². The van der Waals surface area contributed by atoms with Crippen LogP contribution in [0.3, 0.4) is 0 Å². The Bertz CT molecular complexity index is 826. The van der Waals surface area contributed by atoms with Crippen molar-refractivity contribution in [3.63, 3.8) is 0 Å². The number of hydrogen-bond acceptors (Lipinski definition) is 5. The lowest BCUT2D eigenvalue weighted by Gasteiger charge is -2.31. The van der Waals surface area contributed by atoms with Crippen molar-refractivity contribution >= 4 is 34.8 Å². The number of esters is 1. The van der Waals surface area contributed by atoms with E-state index < -0.39 is 0 Å². The molecule has 1 aliphatic rings. The Hall–Kier alpha value is -2.67. The third-order valence-electron chi connectivity index (χ3n) is 4.85. The number of anilines is 1. The summed E-state index contributed by atoms with van der Waals surface area (Å²) in [5, 5.41) is 1.85. The predicted octanol–water partition coefficient (Wildman–Crippen LogP) is 3.05. The van der Waals surface area contributed by atoms with Gasteiger partial charge in [0.15, 0.2) is 0 Å². The van der Waals surface area contributed by atoms with Gasteiger partial charge in [0.25, 0.3) is 11.8 Å². The number of carbonyl (C=O) groups excluding carboxylic acids is 3. The van der Waals surface area contributed by atoms with Gasteiger partial charge in [0.2, 0.25) is 0 Å². The van der Waals surface area contributed by atoms with Gasteiger partial charge < -0.3 is 14.5 Å². The van der Waals surface area contributed by atoms with Gasteiger partial charge in [0.1, 0.15) is 0 Å². The molecule has 6 nitrogen and oxygen atoms in total. The number of carbonyl (C=O) groups is 3. The number of piperidine rings is 1. The summed E-state index contributed by atoms with van der Waals surface area (Å²) in [6, 6.07) is 10.7. The summed E-state index contributed by atoms with van der Waals surface area (Å²) >= 11 is 1.37. The van der Waals surface area contributed by atoms with Crippen molar-refractivity contribution in [3.8, 4) is 0 Å². The molecular weight excluding hydrogens is 364 g/mol. The van der Waals surface area contributed by atoms with Gasteiger partial charge in [-0.05, 0) is 36.4 Å². The van der Waals surface area contributed by atoms with Crippen LogP contribution in [0.4, 0.5) is 5.69 Å². The maximum Gasteiger partial charge on any atom is 0.308 e. The Labute approximate surface area is 162 Å². The number of amides is 2. The molecule has 2 heterocycles. The van der Waals surface area contributed by atoms with Crippen LogP contribution in [0.2, 0.25) is 0 Å². The molecule has 2 amide bonds. The number of methoxy groups -OCH3 is 1. The predicted molar refractivity (Wildman–Crippen MR) is 104 cm³/mol. The van der Waals surface area contributed by atoms with Gasteiger partial charge >= 0.3 is 5.97 Å². The largest absolute Gasteiger partial charge is 0.469 e. The second kappa shape index (κ2) is 8.35. The number of rotatable bonds is 4. The third-order valence-corrected chi connectivity index (χ3v) is 5.71. The highest BCUT2D eigenvalue weighted by atomic mass is 32.1. The normalized spacial score (nSPS) is 14.7. The number of hydrogen-bond donors (Lipinski definition) is 0. The first-order valence-corrected chi connectivity index (χ1v) is 9.68. The third kappa shape index (κ3) is 4.03. The molecule has 1 fully saturated rings. The lowest BCUT2D eigenvalue weighted by molar-refractivity contribution is -0.146. The van der Waals surface area contributed by atoms with E-state index >= 15 is 0 Å². The number of benzene rings is 1. The molecule has 0 unspecified atom stereocenters. The monoisotopic (exact) mass is 386 g/mol. The molecular formula is C20H22N2O4S. The summed E-state index contributed by atoms with van der Waals surface area (Å²) in [4.78, 5) is 41.3. The van der Waals surface area contributed by atoms with Gasteiger partial charge in [0, 0.05) is 20.1 Å². The van der Waals surface area contributed by atoms with E-state index in [1.807, 2.05) is 17.5 Å². The lowest BCUT2D eigenvalue weighted by Crippen LogP contribution is -2.41. The fourth-order valence-electron chi connectivity index (χ4n) is 3.28. The van der Waals surface area contributed by atoms with E-state index in [2.05, 4.69) is 0 Å². The number of thiophene rings is 1. The van der Waals surface area contributed by atoms with Crippen molar-refractivity contribution in [2.75, 3.05) is 32.1 Å². The van der Waals surface area contributed by atoms with E-state index in [0.717, 1.165) is 0 Å². The molecule has 0 aliphatic carbocycles. The summed E-state index contributed by atoms with van der Waals surface area (Å²) in [6.07, 6.45) is 1.18. The van der Waals surface area contributed by atoms with Gasteiger partial charge in [-0.15, -0.1) is 11.3 Å². The number of nitrogens with zero attached hydrogens (tertiary/aromatic N) is 2. The minimum atomic E-state index is -0.219. The number of ether oxygens (including phenoxy) is 1. The second-order valence-corrected chi connectivity index (χ2v) is 7.40. The Balaban J connectivity index is 1.77. The van der Waals surface area contributed by atoms with Crippen LogP contribution in [0.15, 0.2) is 41.8 Å². The number of para-hydroxylation sites is 1. The molecule has 2 aromatic rings. The van der Waals surface area contributed by atoms with Gasteiger partial charge in [-0.3, -0.25) is 14.4 Å². The van der Waals surface area contributed by atoms with Gasteiger partial charge in [0.05, 0.1) is 29.2 Å². The molecule has 1 aromatic carbocycles. The molecule has 27 heavy (non-hydrogen) atoms. The van der Waals surface area contributed by atoms with Crippen LogP contribution in [0.1, 0.15) is 32.9 Å². The van der Waals surface area contributed by atoms with Crippen molar-refractivity contribution in [2.45, 2.75) is 12.8 Å². The van der Waals surface area contributed by atoms with Crippen LogP contribution in [0.25, 0.3) is 0 Å². The molecule has 1 saturated heterocycles. The molecule has 0 saturated carbocycles. The van der Waals surface area contributed by atoms with Crippen LogP contribution in [0, 0.1) is 5.92 Å². The molecule has 1 aliphatic heterocycles. The van der Waals surface area contributed by atoms with E-state index in [0.29, 0.717) is 42.1 Å². The van der Waals surface area contributed by atoms with Gasteiger partial charge in [-0.1, -0.05) is 18.2 Å². The van der Waals surface area contributed by atoms with Crippen LogP contribution >= 0.6 is 11.3 Å². The first kappa shape index (κ1) is 19.1. The van der Waals surface area contributed by atoms with E-state index in [-0.39, 0.29) is 23.7 Å². The van der Waals surface area contributed by atoms with Crippen molar-refractivity contribution in [1.29, 1.82) is 0 Å². The average molecular weight is 386 g/mol. The summed E-state index contributed by atoms with van der Waals surface area (Å²) in [7, 11) is 3.06. The first-order valence-electron chi connectivity index (χ1n) is 8.80. The van der Waals surface area contributed by atoms with Gasteiger partial charge in [-0.2, -0.15) is 0 Å². The zero-order valence-corrected chi connectivity index (χ0v) is 16.2. The standard InChI is InChI=1S/C20H22N2O4S/c1-21(19(24)17-8-5-13-27-17)16-7-4-3-6-15(16)18(23)22-11-9-14(10-12-22)20(25)26-2/h3-8,13-14H,9-12H2,1-2H3. The van der Waals surface area contributed by atoms with Crippen LogP contribution < -0.4 is 4.90 Å². The van der Waals surface area contributed by atoms with Crippen LogP contribution in [-0.2, 0) is 9.53 Å². The zero-order chi connectivity index (χ0) is 19.4. The summed E-state index contributed by atoms with van der Waals surface area (Å²) in [5.74, 6) is -0.643. The minimum absolute atomic E-state index is 0.125. The van der Waals surface area contributed by atoms with E-state index in [1.54, 1.807) is 36.2 Å². The molecule has 7 heteroatoms. The fourth-order valence-corrected chi connectivity index (χ4v) is 3.98. The molecule has 0 atom stereocenters. The van der Waals surface area contributed by atoms with E-state index in [4.69, 9.17) is 4.74 Å². The van der Waals surface area contributed by atoms with Crippen LogP contribution in [-0.4, -0.2) is 49.9 Å². The van der Waals surface area contributed by atoms with Crippen molar-refractivity contribution < 1.29 is 19.1 Å². The molecule has 0 spiro atoms. The molecule has 0 bridgehead atoms. The maximum absolute atomic E-state index is 13.1. The Kier molecular flexibility index (Phi) is 5.91. The van der Waals surface area contributed by atoms with Crippen LogP contribution in [0.5, 0.6) is 0 Å². The maximum atomic E-state index is 13.1. The van der Waals surface area contributed by atoms with E-state index in [9.17, 15) is 14.4 Å². The zero-order valence-electron chi connectivity index (χ0n) is 15.4. The smallest absolute Gasteiger partial charge is 0.308 e. The molecule has 0 radical (unpaired) electrons. The highest BCUT2D eigenvalue weighted by Gasteiger charge is 2.30. The highest BCUT2D eigenvalue weighted by Crippen LogP contribution is 2.26. The SMILES string of the molecule is COC(=O)C1CCN(C(=O)c2ccccc2N(C)C(=O)c2cccs2)CC1. The Morgan fingerprint density at radius 3 is 2.44 bits per heavy atom. The summed E-state index contributed by atoms with van der Waals surface area (Å²) < 4.78 is 4.80. The quantitative estimate of drug-likeness (QED) is 0.758. The first-order chi connectivity index (χ1) is 13.0. The summed E-state index contributed by atoms with van der Waals surface area (Å²) in [5.41, 5.74) is 1.07. The second-order valence-electron chi connectivity index (χ2n) is 6.45. The topological polar surface area (TPSA) is 66.9 Å². The number of likely N-dealkylation sites (tertiary alicyclic amines) is 1. The Morgan fingerprint density at radius 1 is 1.11 bits per heavy atom. The average Bonchev–Trinajstić information content (AvgIpc) is 3.26. The Morgan fingerprint density at radius 2 is 1.81 bits per heavy atom. The molecule has 142 valence electrons. The minimum Gasteiger partial charge on any atom is -0.469 e. The van der Waals surface area contributed by atoms with Crippen molar-refractivity contribution in [1.82, 2.24) is 4.90 Å². The molecule has 1 aromatic heterocycles. The van der Waals surface area contributed by atoms with Crippen molar-refractivity contribution in [3.05, 3.63) is 52.2 Å². The fraction of sp³-hybridized carbons (Fsp3) is 0.350. The highest BCUT2D eigenvalue weighted by molar-refractivity contribution is 7.12.